The van der Waals surface area contributed by atoms with E-state index < -0.39 is 0 Å². The SMILES string of the molecule is CCCN1C(=O)C(C)=C(C)C1c1c(-c2ccc(OC)cc2)[nH]c2ccccc12. The summed E-state index contributed by atoms with van der Waals surface area (Å²) in [5, 5.41) is 1.17. The Kier molecular flexibility index (Phi) is 4.71. The molecule has 1 unspecified atom stereocenters. The number of hydrogen-bond acceptors (Lipinski definition) is 2. The molecule has 0 aliphatic carbocycles. The zero-order valence-electron chi connectivity index (χ0n) is 16.9. The second-order valence-corrected chi connectivity index (χ2v) is 7.40. The molecular formula is C24H26N2O2. The van der Waals surface area contributed by atoms with Crippen LogP contribution < -0.4 is 4.74 Å². The van der Waals surface area contributed by atoms with Gasteiger partial charge >= 0.3 is 0 Å². The molecule has 1 aromatic heterocycles. The smallest absolute Gasteiger partial charge is 0.250 e. The Balaban J connectivity index is 1.95. The molecule has 1 aliphatic rings. The average molecular weight is 374 g/mol. The van der Waals surface area contributed by atoms with Gasteiger partial charge in [0, 0.05) is 28.6 Å². The summed E-state index contributed by atoms with van der Waals surface area (Å²) < 4.78 is 5.32. The van der Waals surface area contributed by atoms with Gasteiger partial charge in [-0.1, -0.05) is 25.1 Å². The second-order valence-electron chi connectivity index (χ2n) is 7.40. The standard InChI is InChI=1S/C24H26N2O2/c1-5-14-26-23(15(2)16(3)24(26)27)21-19-8-6-7-9-20(19)25-22(21)17-10-12-18(28-4)13-11-17/h6-13,23,25H,5,14H2,1-4H3. The lowest BCUT2D eigenvalue weighted by atomic mass is 9.93. The van der Waals surface area contributed by atoms with E-state index in [1.807, 2.05) is 30.0 Å². The number of methoxy groups -OCH3 is 1. The van der Waals surface area contributed by atoms with Crippen molar-refractivity contribution in [3.05, 3.63) is 65.2 Å². The maximum atomic E-state index is 12.9. The van der Waals surface area contributed by atoms with Crippen molar-refractivity contribution in [3.63, 3.8) is 0 Å². The van der Waals surface area contributed by atoms with Gasteiger partial charge < -0.3 is 14.6 Å². The summed E-state index contributed by atoms with van der Waals surface area (Å²) in [6.07, 6.45) is 0.934. The highest BCUT2D eigenvalue weighted by molar-refractivity contribution is 6.00. The van der Waals surface area contributed by atoms with Gasteiger partial charge in [-0.15, -0.1) is 0 Å². The third-order valence-electron chi connectivity index (χ3n) is 5.76. The molecule has 0 spiro atoms. The van der Waals surface area contributed by atoms with Gasteiger partial charge in [0.25, 0.3) is 0 Å². The number of hydrogen-bond donors (Lipinski definition) is 1. The highest BCUT2D eigenvalue weighted by Crippen LogP contribution is 2.45. The number of rotatable bonds is 5. The molecule has 144 valence electrons. The summed E-state index contributed by atoms with van der Waals surface area (Å²) in [5.41, 5.74) is 6.42. The maximum absolute atomic E-state index is 12.9. The minimum atomic E-state index is -0.0410. The Hall–Kier alpha value is -3.01. The Labute approximate surface area is 165 Å². The topological polar surface area (TPSA) is 45.3 Å². The summed E-state index contributed by atoms with van der Waals surface area (Å²) in [6, 6.07) is 16.4. The lowest BCUT2D eigenvalue weighted by molar-refractivity contribution is -0.127. The van der Waals surface area contributed by atoms with Crippen molar-refractivity contribution in [3.8, 4) is 17.0 Å². The molecule has 0 bridgehead atoms. The zero-order chi connectivity index (χ0) is 19.8. The number of aromatic amines is 1. The van der Waals surface area contributed by atoms with E-state index >= 15 is 0 Å². The van der Waals surface area contributed by atoms with E-state index in [-0.39, 0.29) is 11.9 Å². The Bertz CT molecular complexity index is 1060. The van der Waals surface area contributed by atoms with Crippen LogP contribution in [-0.2, 0) is 4.79 Å². The molecule has 1 N–H and O–H groups in total. The molecule has 1 amide bonds. The molecule has 1 aliphatic heterocycles. The Morgan fingerprint density at radius 1 is 1.07 bits per heavy atom. The van der Waals surface area contributed by atoms with Crippen molar-refractivity contribution in [1.82, 2.24) is 9.88 Å². The van der Waals surface area contributed by atoms with Crippen LogP contribution in [0.15, 0.2) is 59.7 Å². The largest absolute Gasteiger partial charge is 0.497 e. The predicted octanol–water partition coefficient (Wildman–Crippen LogP) is 5.47. The Morgan fingerprint density at radius 3 is 2.46 bits per heavy atom. The van der Waals surface area contributed by atoms with Gasteiger partial charge in [-0.2, -0.15) is 0 Å². The first kappa shape index (κ1) is 18.4. The van der Waals surface area contributed by atoms with Gasteiger partial charge in [-0.3, -0.25) is 4.79 Å². The second kappa shape index (κ2) is 7.19. The summed E-state index contributed by atoms with van der Waals surface area (Å²) in [6.45, 7) is 6.90. The number of fused-ring (bicyclic) bond motifs is 1. The van der Waals surface area contributed by atoms with Crippen LogP contribution >= 0.6 is 0 Å². The fourth-order valence-electron chi connectivity index (χ4n) is 4.22. The molecule has 1 atom stereocenters. The van der Waals surface area contributed by atoms with Crippen LogP contribution in [-0.4, -0.2) is 29.4 Å². The van der Waals surface area contributed by atoms with Crippen LogP contribution in [0.25, 0.3) is 22.2 Å². The van der Waals surface area contributed by atoms with E-state index in [9.17, 15) is 4.79 Å². The van der Waals surface area contributed by atoms with Crippen molar-refractivity contribution in [2.75, 3.05) is 13.7 Å². The molecule has 4 rings (SSSR count). The van der Waals surface area contributed by atoms with Crippen LogP contribution in [0.1, 0.15) is 38.8 Å². The number of carbonyl (C=O) groups excluding carboxylic acids is 1. The summed E-state index contributed by atoms with van der Waals surface area (Å²) in [5.74, 6) is 0.979. The van der Waals surface area contributed by atoms with Gasteiger partial charge in [-0.25, -0.2) is 0 Å². The number of carbonyl (C=O) groups is 1. The molecule has 3 aromatic rings. The number of ether oxygens (including phenoxy) is 1. The summed E-state index contributed by atoms with van der Waals surface area (Å²) in [7, 11) is 1.67. The number of benzene rings is 2. The van der Waals surface area contributed by atoms with Crippen LogP contribution in [0.4, 0.5) is 0 Å². The number of H-pyrrole nitrogens is 1. The molecular weight excluding hydrogens is 348 g/mol. The third-order valence-corrected chi connectivity index (χ3v) is 5.76. The molecule has 4 heteroatoms. The first-order valence-electron chi connectivity index (χ1n) is 9.80. The average Bonchev–Trinajstić information content (AvgIpc) is 3.20. The molecule has 2 aromatic carbocycles. The maximum Gasteiger partial charge on any atom is 0.250 e. The van der Waals surface area contributed by atoms with E-state index in [4.69, 9.17) is 4.74 Å². The summed E-state index contributed by atoms with van der Waals surface area (Å²) >= 11 is 0. The lowest BCUT2D eigenvalue weighted by Crippen LogP contribution is -2.31. The van der Waals surface area contributed by atoms with E-state index in [1.54, 1.807) is 7.11 Å². The van der Waals surface area contributed by atoms with Crippen LogP contribution in [0.3, 0.4) is 0 Å². The first-order valence-corrected chi connectivity index (χ1v) is 9.80. The third kappa shape index (κ3) is 2.80. The van der Waals surface area contributed by atoms with Gasteiger partial charge in [0.2, 0.25) is 5.91 Å². The van der Waals surface area contributed by atoms with Gasteiger partial charge in [0.1, 0.15) is 5.75 Å². The van der Waals surface area contributed by atoms with Crippen LogP contribution in [0.2, 0.25) is 0 Å². The molecule has 2 heterocycles. The number of nitrogens with zero attached hydrogens (tertiary/aromatic N) is 1. The van der Waals surface area contributed by atoms with Gasteiger partial charge in [-0.05, 0) is 61.7 Å². The van der Waals surface area contributed by atoms with E-state index in [0.717, 1.165) is 46.6 Å². The van der Waals surface area contributed by atoms with Gasteiger partial charge in [0.15, 0.2) is 0 Å². The minimum Gasteiger partial charge on any atom is -0.497 e. The summed E-state index contributed by atoms with van der Waals surface area (Å²) in [4.78, 5) is 18.5. The number of para-hydroxylation sites is 1. The number of nitrogens with one attached hydrogen (secondary N) is 1. The van der Waals surface area contributed by atoms with E-state index in [2.05, 4.69) is 49.2 Å². The number of aromatic nitrogens is 1. The quantitative estimate of drug-likeness (QED) is 0.643. The van der Waals surface area contributed by atoms with E-state index in [1.165, 1.54) is 10.9 Å². The van der Waals surface area contributed by atoms with Crippen molar-refractivity contribution in [2.45, 2.75) is 33.2 Å². The fraction of sp³-hybridized carbons (Fsp3) is 0.292. The van der Waals surface area contributed by atoms with Crippen molar-refractivity contribution in [2.24, 2.45) is 0 Å². The highest BCUT2D eigenvalue weighted by Gasteiger charge is 2.38. The molecule has 0 saturated heterocycles. The van der Waals surface area contributed by atoms with Crippen LogP contribution in [0, 0.1) is 0 Å². The number of amides is 1. The van der Waals surface area contributed by atoms with Gasteiger partial charge in [0.05, 0.1) is 18.8 Å². The van der Waals surface area contributed by atoms with Crippen molar-refractivity contribution in [1.29, 1.82) is 0 Å². The predicted molar refractivity (Wildman–Crippen MR) is 113 cm³/mol. The van der Waals surface area contributed by atoms with Crippen molar-refractivity contribution < 1.29 is 9.53 Å². The van der Waals surface area contributed by atoms with E-state index in [0.29, 0.717) is 0 Å². The highest BCUT2D eigenvalue weighted by atomic mass is 16.5. The first-order chi connectivity index (χ1) is 13.6. The normalized spacial score (nSPS) is 17.1. The van der Waals surface area contributed by atoms with Crippen molar-refractivity contribution >= 4 is 16.8 Å². The minimum absolute atomic E-state index is 0.0410. The van der Waals surface area contributed by atoms with Crippen LogP contribution in [0.5, 0.6) is 5.75 Å². The molecule has 4 nitrogen and oxygen atoms in total. The Morgan fingerprint density at radius 2 is 1.79 bits per heavy atom. The molecule has 0 saturated carbocycles. The lowest BCUT2D eigenvalue weighted by Gasteiger charge is -2.27. The fourth-order valence-corrected chi connectivity index (χ4v) is 4.22. The molecule has 0 fully saturated rings. The molecule has 28 heavy (non-hydrogen) atoms. The zero-order valence-corrected chi connectivity index (χ0v) is 16.9. The monoisotopic (exact) mass is 374 g/mol. The molecule has 0 radical (unpaired) electrons.